The SMILES string of the molecule is CC(NS(=O)(=O)N(C)CCCN)c1ccc(F)cc1. The number of hydrogen-bond donors (Lipinski definition) is 2. The molecule has 0 aromatic heterocycles. The number of halogens is 1. The van der Waals surface area contributed by atoms with Crippen LogP contribution in [0, 0.1) is 5.82 Å². The smallest absolute Gasteiger partial charge is 0.279 e. The fourth-order valence-electron chi connectivity index (χ4n) is 1.57. The summed E-state index contributed by atoms with van der Waals surface area (Å²) in [6, 6.07) is 5.30. The van der Waals surface area contributed by atoms with Crippen LogP contribution in [0.15, 0.2) is 24.3 Å². The minimum Gasteiger partial charge on any atom is -0.330 e. The molecule has 0 saturated carbocycles. The van der Waals surface area contributed by atoms with E-state index in [1.807, 2.05) is 0 Å². The van der Waals surface area contributed by atoms with Crippen LogP contribution in [0.2, 0.25) is 0 Å². The van der Waals surface area contributed by atoms with Gasteiger partial charge < -0.3 is 5.73 Å². The number of nitrogens with one attached hydrogen (secondary N) is 1. The molecule has 0 aliphatic rings. The van der Waals surface area contributed by atoms with Crippen molar-refractivity contribution in [2.24, 2.45) is 5.73 Å². The van der Waals surface area contributed by atoms with E-state index in [0.717, 1.165) is 0 Å². The van der Waals surface area contributed by atoms with Crippen LogP contribution >= 0.6 is 0 Å². The van der Waals surface area contributed by atoms with Gasteiger partial charge in [0, 0.05) is 19.6 Å². The summed E-state index contributed by atoms with van der Waals surface area (Å²) in [7, 11) is -2.06. The number of hydrogen-bond acceptors (Lipinski definition) is 3. The Morgan fingerprint density at radius 3 is 2.47 bits per heavy atom. The maximum Gasteiger partial charge on any atom is 0.279 e. The molecule has 1 atom stereocenters. The first kappa shape index (κ1) is 16.0. The Kier molecular flexibility index (Phi) is 5.86. The molecule has 0 bridgehead atoms. The molecule has 1 aromatic carbocycles. The number of nitrogens with two attached hydrogens (primary N) is 1. The summed E-state index contributed by atoms with van der Waals surface area (Å²) in [6.45, 7) is 2.51. The van der Waals surface area contributed by atoms with Crippen molar-refractivity contribution in [1.82, 2.24) is 9.03 Å². The van der Waals surface area contributed by atoms with Crippen LogP contribution in [-0.2, 0) is 10.2 Å². The van der Waals surface area contributed by atoms with Crippen molar-refractivity contribution in [2.75, 3.05) is 20.1 Å². The van der Waals surface area contributed by atoms with E-state index in [2.05, 4.69) is 4.72 Å². The van der Waals surface area contributed by atoms with Gasteiger partial charge in [-0.15, -0.1) is 0 Å². The zero-order valence-corrected chi connectivity index (χ0v) is 12.0. The zero-order valence-electron chi connectivity index (χ0n) is 11.1. The molecule has 3 N–H and O–H groups in total. The molecule has 108 valence electrons. The molecular formula is C12H20FN3O2S. The fourth-order valence-corrected chi connectivity index (χ4v) is 2.70. The highest BCUT2D eigenvalue weighted by Gasteiger charge is 2.20. The average Bonchev–Trinajstić information content (AvgIpc) is 2.36. The van der Waals surface area contributed by atoms with Crippen molar-refractivity contribution in [3.8, 4) is 0 Å². The molecule has 0 radical (unpaired) electrons. The highest BCUT2D eigenvalue weighted by Crippen LogP contribution is 2.14. The van der Waals surface area contributed by atoms with Gasteiger partial charge in [-0.1, -0.05) is 12.1 Å². The minimum absolute atomic E-state index is 0.348. The van der Waals surface area contributed by atoms with Crippen molar-refractivity contribution in [3.05, 3.63) is 35.6 Å². The van der Waals surface area contributed by atoms with Crippen molar-refractivity contribution in [2.45, 2.75) is 19.4 Å². The first-order valence-electron chi connectivity index (χ1n) is 6.06. The number of rotatable bonds is 7. The molecule has 0 saturated heterocycles. The van der Waals surface area contributed by atoms with E-state index in [9.17, 15) is 12.8 Å². The van der Waals surface area contributed by atoms with Crippen molar-refractivity contribution < 1.29 is 12.8 Å². The highest BCUT2D eigenvalue weighted by molar-refractivity contribution is 7.87. The third kappa shape index (κ3) is 4.87. The van der Waals surface area contributed by atoms with Gasteiger partial charge in [-0.2, -0.15) is 17.4 Å². The van der Waals surface area contributed by atoms with Crippen LogP contribution in [0.1, 0.15) is 24.9 Å². The zero-order chi connectivity index (χ0) is 14.5. The summed E-state index contributed by atoms with van der Waals surface area (Å²) in [4.78, 5) is 0. The summed E-state index contributed by atoms with van der Waals surface area (Å²) >= 11 is 0. The molecule has 0 spiro atoms. The van der Waals surface area contributed by atoms with Gasteiger partial charge in [0.05, 0.1) is 0 Å². The Balaban J connectivity index is 2.69. The van der Waals surface area contributed by atoms with Crippen molar-refractivity contribution >= 4 is 10.2 Å². The third-order valence-electron chi connectivity index (χ3n) is 2.78. The van der Waals surface area contributed by atoms with E-state index < -0.39 is 16.3 Å². The summed E-state index contributed by atoms with van der Waals surface area (Å²) in [5.74, 6) is -0.348. The minimum atomic E-state index is -3.56. The lowest BCUT2D eigenvalue weighted by Crippen LogP contribution is -2.40. The van der Waals surface area contributed by atoms with Crippen LogP contribution in [0.3, 0.4) is 0 Å². The molecule has 0 aliphatic carbocycles. The van der Waals surface area contributed by atoms with E-state index >= 15 is 0 Å². The van der Waals surface area contributed by atoms with E-state index in [-0.39, 0.29) is 5.82 Å². The lowest BCUT2D eigenvalue weighted by Gasteiger charge is -2.21. The summed E-state index contributed by atoms with van der Waals surface area (Å²) in [5.41, 5.74) is 6.05. The second-order valence-corrected chi connectivity index (χ2v) is 6.17. The molecule has 0 heterocycles. The number of benzene rings is 1. The molecule has 19 heavy (non-hydrogen) atoms. The molecule has 1 rings (SSSR count). The van der Waals surface area contributed by atoms with E-state index in [1.165, 1.54) is 23.5 Å². The second kappa shape index (κ2) is 6.95. The van der Waals surface area contributed by atoms with Gasteiger partial charge in [-0.3, -0.25) is 0 Å². The predicted molar refractivity (Wildman–Crippen MR) is 73.2 cm³/mol. The van der Waals surface area contributed by atoms with E-state index in [4.69, 9.17) is 5.73 Å². The van der Waals surface area contributed by atoms with Crippen LogP contribution < -0.4 is 10.5 Å². The van der Waals surface area contributed by atoms with Gasteiger partial charge in [-0.05, 0) is 37.6 Å². The summed E-state index contributed by atoms with van der Waals surface area (Å²) in [6.07, 6.45) is 0.600. The van der Waals surface area contributed by atoms with Gasteiger partial charge in [0.2, 0.25) is 0 Å². The quantitative estimate of drug-likeness (QED) is 0.786. The molecule has 5 nitrogen and oxygen atoms in total. The first-order valence-corrected chi connectivity index (χ1v) is 7.50. The monoisotopic (exact) mass is 289 g/mol. The Labute approximate surface area is 113 Å². The van der Waals surface area contributed by atoms with Crippen molar-refractivity contribution in [1.29, 1.82) is 0 Å². The largest absolute Gasteiger partial charge is 0.330 e. The Morgan fingerprint density at radius 2 is 1.95 bits per heavy atom. The van der Waals surface area contributed by atoms with Gasteiger partial charge in [0.25, 0.3) is 10.2 Å². The highest BCUT2D eigenvalue weighted by atomic mass is 32.2. The molecule has 1 aromatic rings. The average molecular weight is 289 g/mol. The van der Waals surface area contributed by atoms with E-state index in [0.29, 0.717) is 25.1 Å². The van der Waals surface area contributed by atoms with Crippen LogP contribution in [-0.4, -0.2) is 32.9 Å². The molecule has 0 amide bonds. The fraction of sp³-hybridized carbons (Fsp3) is 0.500. The first-order chi connectivity index (χ1) is 8.86. The Bertz CT molecular complexity index is 490. The van der Waals surface area contributed by atoms with Gasteiger partial charge in [0.15, 0.2) is 0 Å². The standard InChI is InChI=1S/C12H20FN3O2S/c1-10(11-4-6-12(13)7-5-11)15-19(17,18)16(2)9-3-8-14/h4-7,10,15H,3,8-9,14H2,1-2H3. The van der Waals surface area contributed by atoms with Crippen molar-refractivity contribution in [3.63, 3.8) is 0 Å². The normalized spacial score (nSPS) is 13.7. The number of nitrogens with zero attached hydrogens (tertiary/aromatic N) is 1. The lowest BCUT2D eigenvalue weighted by atomic mass is 10.1. The maximum atomic E-state index is 12.8. The summed E-state index contributed by atoms with van der Waals surface area (Å²) < 4.78 is 40.5. The second-order valence-electron chi connectivity index (χ2n) is 4.36. The van der Waals surface area contributed by atoms with Gasteiger partial charge in [0.1, 0.15) is 5.82 Å². The topological polar surface area (TPSA) is 75.4 Å². The third-order valence-corrected chi connectivity index (χ3v) is 4.44. The van der Waals surface area contributed by atoms with Gasteiger partial charge in [-0.25, -0.2) is 4.39 Å². The molecule has 7 heteroatoms. The molecule has 0 aliphatic heterocycles. The Morgan fingerprint density at radius 1 is 1.37 bits per heavy atom. The van der Waals surface area contributed by atoms with Gasteiger partial charge >= 0.3 is 0 Å². The predicted octanol–water partition coefficient (Wildman–Crippen LogP) is 1.00. The Hall–Kier alpha value is -1.02. The van der Waals surface area contributed by atoms with Crippen LogP contribution in [0.4, 0.5) is 4.39 Å². The molecule has 0 fully saturated rings. The summed E-state index contributed by atoms with van der Waals surface area (Å²) in [5, 5.41) is 0. The molecule has 1 unspecified atom stereocenters. The lowest BCUT2D eigenvalue weighted by molar-refractivity contribution is 0.446. The van der Waals surface area contributed by atoms with Crippen LogP contribution in [0.5, 0.6) is 0 Å². The van der Waals surface area contributed by atoms with E-state index in [1.54, 1.807) is 19.1 Å². The molecular weight excluding hydrogens is 269 g/mol. The van der Waals surface area contributed by atoms with Crippen LogP contribution in [0.25, 0.3) is 0 Å². The maximum absolute atomic E-state index is 12.8.